The number of carbonyl (C=O) groups excluding carboxylic acids is 2. The molecule has 0 aliphatic carbocycles. The Kier molecular flexibility index (Phi) is 9.79. The number of sulfonamides is 1. The molecular formula is C24H31Cl2N3O4S. The Morgan fingerprint density at radius 1 is 1.09 bits per heavy atom. The van der Waals surface area contributed by atoms with E-state index >= 15 is 0 Å². The molecule has 0 saturated carbocycles. The van der Waals surface area contributed by atoms with Gasteiger partial charge in [-0.05, 0) is 44.9 Å². The predicted molar refractivity (Wildman–Crippen MR) is 138 cm³/mol. The Bertz CT molecular complexity index is 1140. The molecule has 2 aromatic carbocycles. The number of halogens is 2. The van der Waals surface area contributed by atoms with E-state index in [2.05, 4.69) is 5.32 Å². The van der Waals surface area contributed by atoms with E-state index in [1.807, 2.05) is 52.0 Å². The quantitative estimate of drug-likeness (QED) is 0.495. The van der Waals surface area contributed by atoms with Gasteiger partial charge in [0, 0.05) is 12.6 Å². The minimum absolute atomic E-state index is 0.0252. The van der Waals surface area contributed by atoms with E-state index < -0.39 is 28.5 Å². The van der Waals surface area contributed by atoms with Crippen LogP contribution in [-0.2, 0) is 26.2 Å². The summed E-state index contributed by atoms with van der Waals surface area (Å²) in [6.45, 7) is 7.03. The van der Waals surface area contributed by atoms with Crippen LogP contribution >= 0.6 is 23.2 Å². The molecule has 0 aliphatic heterocycles. The highest BCUT2D eigenvalue weighted by Crippen LogP contribution is 2.33. The number of carbonyl (C=O) groups is 2. The molecule has 0 fully saturated rings. The Labute approximate surface area is 212 Å². The standard InChI is InChI=1S/C24H31Cl2N3O4S/c1-6-20(24(31)27-16(2)3)28(14-18-10-7-9-17(4)13-18)22(30)15-29(34(5,32)33)21-12-8-11-19(25)23(21)26/h7-13,16,20H,6,14-15H2,1-5H3,(H,27,31)/t20-/m0/s1. The fraction of sp³-hybridized carbons (Fsp3) is 0.417. The SMILES string of the molecule is CC[C@@H](C(=O)NC(C)C)N(Cc1cccc(C)c1)C(=O)CN(c1cccc(Cl)c1Cl)S(C)(=O)=O. The molecule has 0 unspecified atom stereocenters. The molecule has 0 spiro atoms. The predicted octanol–water partition coefficient (Wildman–Crippen LogP) is 4.40. The van der Waals surface area contributed by atoms with Crippen LogP contribution in [0.15, 0.2) is 42.5 Å². The zero-order valence-electron chi connectivity index (χ0n) is 20.0. The first-order valence-electron chi connectivity index (χ1n) is 10.9. The zero-order valence-corrected chi connectivity index (χ0v) is 22.3. The number of nitrogens with zero attached hydrogens (tertiary/aromatic N) is 2. The van der Waals surface area contributed by atoms with Gasteiger partial charge in [0.05, 0.1) is 22.0 Å². The largest absolute Gasteiger partial charge is 0.352 e. The summed E-state index contributed by atoms with van der Waals surface area (Å²) >= 11 is 12.4. The highest BCUT2D eigenvalue weighted by molar-refractivity contribution is 7.92. The van der Waals surface area contributed by atoms with Crippen molar-refractivity contribution in [1.82, 2.24) is 10.2 Å². The van der Waals surface area contributed by atoms with Crippen molar-refractivity contribution in [3.05, 3.63) is 63.6 Å². The average Bonchev–Trinajstić information content (AvgIpc) is 2.72. The molecule has 2 aromatic rings. The van der Waals surface area contributed by atoms with Crippen LogP contribution in [0, 0.1) is 6.92 Å². The second-order valence-corrected chi connectivity index (χ2v) is 11.1. The molecule has 0 saturated heterocycles. The van der Waals surface area contributed by atoms with Crippen LogP contribution < -0.4 is 9.62 Å². The molecule has 0 radical (unpaired) electrons. The molecule has 0 aliphatic rings. The summed E-state index contributed by atoms with van der Waals surface area (Å²) in [5, 5.41) is 3.05. The van der Waals surface area contributed by atoms with Gasteiger partial charge in [-0.25, -0.2) is 8.42 Å². The maximum atomic E-state index is 13.6. The van der Waals surface area contributed by atoms with Crippen molar-refractivity contribution in [3.63, 3.8) is 0 Å². The third-order valence-corrected chi connectivity index (χ3v) is 7.07. The van der Waals surface area contributed by atoms with E-state index in [9.17, 15) is 18.0 Å². The van der Waals surface area contributed by atoms with Gasteiger partial charge in [-0.3, -0.25) is 13.9 Å². The van der Waals surface area contributed by atoms with Crippen LogP contribution in [0.2, 0.25) is 10.0 Å². The average molecular weight is 529 g/mol. The lowest BCUT2D eigenvalue weighted by Crippen LogP contribution is -2.53. The Balaban J connectivity index is 2.49. The van der Waals surface area contributed by atoms with Crippen LogP contribution in [0.25, 0.3) is 0 Å². The van der Waals surface area contributed by atoms with Gasteiger partial charge < -0.3 is 10.2 Å². The first-order chi connectivity index (χ1) is 15.8. The van der Waals surface area contributed by atoms with Crippen molar-refractivity contribution in [2.45, 2.75) is 52.7 Å². The third kappa shape index (κ3) is 7.35. The lowest BCUT2D eigenvalue weighted by molar-refractivity contribution is -0.140. The number of nitrogens with one attached hydrogen (secondary N) is 1. The molecular weight excluding hydrogens is 497 g/mol. The van der Waals surface area contributed by atoms with Crippen LogP contribution in [0.3, 0.4) is 0 Å². The fourth-order valence-corrected chi connectivity index (χ4v) is 4.89. The first kappa shape index (κ1) is 28.0. The van der Waals surface area contributed by atoms with Gasteiger partial charge in [0.25, 0.3) is 0 Å². The molecule has 10 heteroatoms. The van der Waals surface area contributed by atoms with E-state index in [-0.39, 0.29) is 34.2 Å². The lowest BCUT2D eigenvalue weighted by atomic mass is 10.1. The van der Waals surface area contributed by atoms with Crippen LogP contribution in [0.4, 0.5) is 5.69 Å². The van der Waals surface area contributed by atoms with E-state index in [4.69, 9.17) is 23.2 Å². The highest BCUT2D eigenvalue weighted by Gasteiger charge is 2.32. The molecule has 2 amide bonds. The minimum Gasteiger partial charge on any atom is -0.352 e. The van der Waals surface area contributed by atoms with Gasteiger partial charge in [0.2, 0.25) is 21.8 Å². The number of aryl methyl sites for hydroxylation is 1. The van der Waals surface area contributed by atoms with E-state index in [0.717, 1.165) is 21.7 Å². The normalized spacial score (nSPS) is 12.4. The van der Waals surface area contributed by atoms with E-state index in [1.165, 1.54) is 17.0 Å². The molecule has 1 atom stereocenters. The van der Waals surface area contributed by atoms with Gasteiger partial charge in [0.15, 0.2) is 0 Å². The van der Waals surface area contributed by atoms with Gasteiger partial charge in [-0.15, -0.1) is 0 Å². The molecule has 0 heterocycles. The summed E-state index contributed by atoms with van der Waals surface area (Å²) in [6.07, 6.45) is 1.35. The van der Waals surface area contributed by atoms with Crippen molar-refractivity contribution in [1.29, 1.82) is 0 Å². The smallest absolute Gasteiger partial charge is 0.244 e. The molecule has 0 bridgehead atoms. The summed E-state index contributed by atoms with van der Waals surface area (Å²) in [5.74, 6) is -0.834. The van der Waals surface area contributed by atoms with Gasteiger partial charge in [0.1, 0.15) is 12.6 Å². The summed E-state index contributed by atoms with van der Waals surface area (Å²) in [4.78, 5) is 28.0. The van der Waals surface area contributed by atoms with Gasteiger partial charge in [-0.2, -0.15) is 0 Å². The number of anilines is 1. The van der Waals surface area contributed by atoms with E-state index in [0.29, 0.717) is 6.42 Å². The van der Waals surface area contributed by atoms with Crippen molar-refractivity contribution in [2.75, 3.05) is 17.1 Å². The van der Waals surface area contributed by atoms with Crippen molar-refractivity contribution < 1.29 is 18.0 Å². The van der Waals surface area contributed by atoms with Crippen molar-refractivity contribution >= 4 is 50.7 Å². The number of hydrogen-bond donors (Lipinski definition) is 1. The first-order valence-corrected chi connectivity index (χ1v) is 13.5. The Hall–Kier alpha value is -2.29. The van der Waals surface area contributed by atoms with Crippen LogP contribution in [-0.4, -0.2) is 50.0 Å². The molecule has 186 valence electrons. The molecule has 1 N–H and O–H groups in total. The summed E-state index contributed by atoms with van der Waals surface area (Å²) < 4.78 is 26.2. The van der Waals surface area contributed by atoms with Crippen LogP contribution in [0.1, 0.15) is 38.3 Å². The summed E-state index contributed by atoms with van der Waals surface area (Å²) in [6, 6.07) is 11.3. The molecule has 7 nitrogen and oxygen atoms in total. The van der Waals surface area contributed by atoms with Gasteiger partial charge >= 0.3 is 0 Å². The van der Waals surface area contributed by atoms with Crippen LogP contribution in [0.5, 0.6) is 0 Å². The lowest BCUT2D eigenvalue weighted by Gasteiger charge is -2.33. The minimum atomic E-state index is -3.89. The number of rotatable bonds is 10. The topological polar surface area (TPSA) is 86.8 Å². The number of hydrogen-bond acceptors (Lipinski definition) is 4. The van der Waals surface area contributed by atoms with E-state index in [1.54, 1.807) is 6.07 Å². The Morgan fingerprint density at radius 2 is 1.74 bits per heavy atom. The maximum Gasteiger partial charge on any atom is 0.244 e. The summed E-state index contributed by atoms with van der Waals surface area (Å²) in [7, 11) is -3.89. The third-order valence-electron chi connectivity index (χ3n) is 5.13. The maximum absolute atomic E-state index is 13.6. The van der Waals surface area contributed by atoms with Crippen molar-refractivity contribution in [2.24, 2.45) is 0 Å². The monoisotopic (exact) mass is 527 g/mol. The van der Waals surface area contributed by atoms with Gasteiger partial charge in [-0.1, -0.05) is 66.0 Å². The second kappa shape index (κ2) is 11.9. The summed E-state index contributed by atoms with van der Waals surface area (Å²) in [5.41, 5.74) is 1.93. The fourth-order valence-electron chi connectivity index (χ4n) is 3.59. The number of amides is 2. The second-order valence-electron chi connectivity index (χ2n) is 8.44. The zero-order chi connectivity index (χ0) is 25.6. The van der Waals surface area contributed by atoms with Crippen molar-refractivity contribution in [3.8, 4) is 0 Å². The molecule has 2 rings (SSSR count). The molecule has 0 aromatic heterocycles. The number of benzene rings is 2. The Morgan fingerprint density at radius 3 is 2.29 bits per heavy atom. The highest BCUT2D eigenvalue weighted by atomic mass is 35.5. The molecule has 34 heavy (non-hydrogen) atoms.